The summed E-state index contributed by atoms with van der Waals surface area (Å²) in [4.78, 5) is 20.6. The number of ether oxygens (including phenoxy) is 1. The lowest BCUT2D eigenvalue weighted by molar-refractivity contribution is -0.159. The van der Waals surface area contributed by atoms with E-state index in [1.807, 2.05) is 6.07 Å². The summed E-state index contributed by atoms with van der Waals surface area (Å²) in [6.45, 7) is 4.09. The fourth-order valence-electron chi connectivity index (χ4n) is 1.87. The largest absolute Gasteiger partial charge is 0.492 e. The van der Waals surface area contributed by atoms with Crippen molar-refractivity contribution in [1.29, 1.82) is 0 Å². The maximum Gasteiger partial charge on any atom is 0.414 e. The molecule has 1 heterocycles. The zero-order chi connectivity index (χ0) is 16.5. The van der Waals surface area contributed by atoms with E-state index in [0.717, 1.165) is 12.3 Å². The second-order valence-electron chi connectivity index (χ2n) is 4.58. The summed E-state index contributed by atoms with van der Waals surface area (Å²) in [5, 5.41) is 15.9. The van der Waals surface area contributed by atoms with Crippen LogP contribution in [0.15, 0.2) is 18.2 Å². The molecular formula is C14H17Cl2NO5. The van der Waals surface area contributed by atoms with Gasteiger partial charge in [-0.25, -0.2) is 9.59 Å². The molecule has 1 saturated heterocycles. The van der Waals surface area contributed by atoms with Gasteiger partial charge in [-0.3, -0.25) is 4.90 Å². The van der Waals surface area contributed by atoms with Gasteiger partial charge in [-0.1, -0.05) is 23.2 Å². The molecule has 1 aromatic rings. The van der Waals surface area contributed by atoms with Gasteiger partial charge in [0.25, 0.3) is 0 Å². The van der Waals surface area contributed by atoms with Crippen LogP contribution in [0.4, 0.5) is 0 Å². The quantitative estimate of drug-likeness (QED) is 0.812. The lowest BCUT2D eigenvalue weighted by atomic mass is 10.3. The molecule has 0 bridgehead atoms. The molecule has 8 heteroatoms. The Balaban J connectivity index is 0.000000346. The van der Waals surface area contributed by atoms with E-state index in [1.54, 1.807) is 12.1 Å². The first-order valence-electron chi connectivity index (χ1n) is 6.66. The molecule has 0 spiro atoms. The topological polar surface area (TPSA) is 87.1 Å². The molecular weight excluding hydrogens is 333 g/mol. The number of halogens is 2. The molecule has 0 atom stereocenters. The molecule has 122 valence electrons. The highest BCUT2D eigenvalue weighted by Crippen LogP contribution is 2.26. The average Bonchev–Trinajstić information content (AvgIpc) is 2.96. The number of carboxylic acids is 2. The van der Waals surface area contributed by atoms with Crippen LogP contribution in [0.25, 0.3) is 0 Å². The monoisotopic (exact) mass is 349 g/mol. The third-order valence-electron chi connectivity index (χ3n) is 2.95. The van der Waals surface area contributed by atoms with E-state index in [2.05, 4.69) is 4.90 Å². The molecule has 6 nitrogen and oxygen atoms in total. The van der Waals surface area contributed by atoms with E-state index < -0.39 is 11.9 Å². The Labute approximate surface area is 138 Å². The molecule has 0 saturated carbocycles. The summed E-state index contributed by atoms with van der Waals surface area (Å²) in [5.74, 6) is -2.86. The first kappa shape index (κ1) is 18.5. The first-order valence-corrected chi connectivity index (χ1v) is 7.42. The zero-order valence-corrected chi connectivity index (χ0v) is 13.3. The van der Waals surface area contributed by atoms with Crippen molar-refractivity contribution in [1.82, 2.24) is 4.90 Å². The lowest BCUT2D eigenvalue weighted by Crippen LogP contribution is -2.25. The Morgan fingerprint density at radius 2 is 1.68 bits per heavy atom. The van der Waals surface area contributed by atoms with Crippen LogP contribution in [0.2, 0.25) is 10.0 Å². The lowest BCUT2D eigenvalue weighted by Gasteiger charge is -2.15. The highest BCUT2D eigenvalue weighted by molar-refractivity contribution is 6.42. The number of aliphatic carboxylic acids is 2. The smallest absolute Gasteiger partial charge is 0.414 e. The van der Waals surface area contributed by atoms with Crippen molar-refractivity contribution in [2.24, 2.45) is 0 Å². The molecule has 1 aliphatic rings. The van der Waals surface area contributed by atoms with Crippen LogP contribution < -0.4 is 4.74 Å². The van der Waals surface area contributed by atoms with E-state index in [1.165, 1.54) is 25.9 Å². The minimum atomic E-state index is -1.82. The molecule has 0 amide bonds. The molecule has 0 aromatic heterocycles. The standard InChI is InChI=1S/C12H15Cl2NO.C2H2O4/c13-11-4-3-10(9-12(11)14)16-8-7-15-5-1-2-6-15;3-1(4)2(5)6/h3-4,9H,1-2,5-8H2;(H,3,4)(H,5,6). The van der Waals surface area contributed by atoms with Crippen LogP contribution in [0.1, 0.15) is 12.8 Å². The van der Waals surface area contributed by atoms with Crippen LogP contribution in [0.3, 0.4) is 0 Å². The van der Waals surface area contributed by atoms with Crippen molar-refractivity contribution in [3.8, 4) is 5.75 Å². The van der Waals surface area contributed by atoms with Crippen molar-refractivity contribution in [3.05, 3.63) is 28.2 Å². The van der Waals surface area contributed by atoms with Gasteiger partial charge in [-0.05, 0) is 38.1 Å². The summed E-state index contributed by atoms with van der Waals surface area (Å²) < 4.78 is 5.62. The van der Waals surface area contributed by atoms with Gasteiger partial charge in [-0.15, -0.1) is 0 Å². The minimum absolute atomic E-state index is 0.542. The predicted octanol–water partition coefficient (Wildman–Crippen LogP) is 2.62. The normalized spacial score (nSPS) is 14.1. The van der Waals surface area contributed by atoms with E-state index in [9.17, 15) is 0 Å². The Morgan fingerprint density at radius 1 is 1.09 bits per heavy atom. The maximum absolute atomic E-state index is 9.10. The van der Waals surface area contributed by atoms with E-state index in [4.69, 9.17) is 47.7 Å². The second kappa shape index (κ2) is 9.50. The fourth-order valence-corrected chi connectivity index (χ4v) is 2.15. The van der Waals surface area contributed by atoms with Gasteiger partial charge in [0.15, 0.2) is 0 Å². The van der Waals surface area contributed by atoms with Gasteiger partial charge in [0, 0.05) is 12.6 Å². The molecule has 1 aliphatic heterocycles. The highest BCUT2D eigenvalue weighted by atomic mass is 35.5. The first-order chi connectivity index (χ1) is 10.4. The molecule has 1 aromatic carbocycles. The van der Waals surface area contributed by atoms with Crippen LogP contribution in [-0.4, -0.2) is 53.3 Å². The number of benzene rings is 1. The van der Waals surface area contributed by atoms with Crippen molar-refractivity contribution >= 4 is 35.1 Å². The van der Waals surface area contributed by atoms with Gasteiger partial charge in [0.2, 0.25) is 0 Å². The molecule has 0 aliphatic carbocycles. The van der Waals surface area contributed by atoms with Gasteiger partial charge >= 0.3 is 11.9 Å². The SMILES string of the molecule is Clc1ccc(OCCN2CCCC2)cc1Cl.O=C(O)C(=O)O. The molecule has 2 rings (SSSR count). The third kappa shape index (κ3) is 6.98. The van der Waals surface area contributed by atoms with E-state index >= 15 is 0 Å². The molecule has 0 unspecified atom stereocenters. The summed E-state index contributed by atoms with van der Waals surface area (Å²) in [6.07, 6.45) is 2.62. The fraction of sp³-hybridized carbons (Fsp3) is 0.429. The second-order valence-corrected chi connectivity index (χ2v) is 5.40. The van der Waals surface area contributed by atoms with Gasteiger partial charge in [0.05, 0.1) is 10.0 Å². The van der Waals surface area contributed by atoms with Gasteiger partial charge < -0.3 is 14.9 Å². The number of hydrogen-bond acceptors (Lipinski definition) is 4. The van der Waals surface area contributed by atoms with Crippen LogP contribution >= 0.6 is 23.2 Å². The Kier molecular flexibility index (Phi) is 8.01. The third-order valence-corrected chi connectivity index (χ3v) is 3.69. The van der Waals surface area contributed by atoms with Gasteiger partial charge in [-0.2, -0.15) is 0 Å². The summed E-state index contributed by atoms with van der Waals surface area (Å²) in [6, 6.07) is 5.36. The average molecular weight is 350 g/mol. The highest BCUT2D eigenvalue weighted by Gasteiger charge is 2.10. The molecule has 22 heavy (non-hydrogen) atoms. The summed E-state index contributed by atoms with van der Waals surface area (Å²) in [7, 11) is 0. The van der Waals surface area contributed by atoms with Crippen molar-refractivity contribution in [3.63, 3.8) is 0 Å². The molecule has 2 N–H and O–H groups in total. The number of likely N-dealkylation sites (tertiary alicyclic amines) is 1. The van der Waals surface area contributed by atoms with Crippen molar-refractivity contribution in [2.75, 3.05) is 26.2 Å². The molecule has 0 radical (unpaired) electrons. The number of nitrogens with zero attached hydrogens (tertiary/aromatic N) is 1. The van der Waals surface area contributed by atoms with Crippen LogP contribution in [0, 0.1) is 0 Å². The number of carbonyl (C=O) groups is 2. The van der Waals surface area contributed by atoms with Gasteiger partial charge in [0.1, 0.15) is 12.4 Å². The summed E-state index contributed by atoms with van der Waals surface area (Å²) in [5.41, 5.74) is 0. The van der Waals surface area contributed by atoms with E-state index in [-0.39, 0.29) is 0 Å². The minimum Gasteiger partial charge on any atom is -0.492 e. The predicted molar refractivity (Wildman–Crippen MR) is 82.9 cm³/mol. The molecule has 1 fully saturated rings. The Hall–Kier alpha value is -1.50. The maximum atomic E-state index is 9.10. The van der Waals surface area contributed by atoms with E-state index in [0.29, 0.717) is 16.7 Å². The summed E-state index contributed by atoms with van der Waals surface area (Å²) >= 11 is 11.7. The van der Waals surface area contributed by atoms with Crippen LogP contribution in [-0.2, 0) is 9.59 Å². The Morgan fingerprint density at radius 3 is 2.18 bits per heavy atom. The Bertz CT molecular complexity index is 506. The number of hydrogen-bond donors (Lipinski definition) is 2. The number of carboxylic acid groups (broad SMARTS) is 2. The van der Waals surface area contributed by atoms with Crippen LogP contribution in [0.5, 0.6) is 5.75 Å². The number of rotatable bonds is 4. The van der Waals surface area contributed by atoms with Crippen molar-refractivity contribution < 1.29 is 24.5 Å². The van der Waals surface area contributed by atoms with Crippen molar-refractivity contribution in [2.45, 2.75) is 12.8 Å². The zero-order valence-electron chi connectivity index (χ0n) is 11.8.